The quantitative estimate of drug-likeness (QED) is 0.551. The minimum Gasteiger partial charge on any atom is -0.465 e. The third-order valence-electron chi connectivity index (χ3n) is 3.88. The van der Waals surface area contributed by atoms with Crippen molar-refractivity contribution in [1.82, 2.24) is 0 Å². The normalized spacial score (nSPS) is 10.8. The maximum Gasteiger partial charge on any atom is 0.340 e. The van der Waals surface area contributed by atoms with E-state index >= 15 is 0 Å². The van der Waals surface area contributed by atoms with Crippen molar-refractivity contribution < 1.29 is 32.1 Å². The number of halogens is 2. The van der Waals surface area contributed by atoms with Crippen molar-refractivity contribution in [3.8, 4) is 0 Å². The van der Waals surface area contributed by atoms with Gasteiger partial charge in [-0.15, -0.1) is 0 Å². The number of rotatable bonds is 6. The first-order chi connectivity index (χ1) is 13.2. The van der Waals surface area contributed by atoms with E-state index in [4.69, 9.17) is 11.5 Å². The number of nitrogen functional groups attached to an aromatic ring is 2. The second-order valence-electron chi connectivity index (χ2n) is 5.77. The molecule has 0 fully saturated rings. The maximum atomic E-state index is 14.2. The molecule has 0 unspecified atom stereocenters. The van der Waals surface area contributed by atoms with Crippen molar-refractivity contribution in [1.29, 1.82) is 0 Å². The van der Waals surface area contributed by atoms with Crippen LogP contribution in [0, 0.1) is 11.6 Å². The molecule has 0 saturated heterocycles. The smallest absolute Gasteiger partial charge is 0.340 e. The van der Waals surface area contributed by atoms with Crippen LogP contribution < -0.4 is 11.5 Å². The summed E-state index contributed by atoms with van der Waals surface area (Å²) in [5, 5.41) is 0. The molecule has 0 aromatic heterocycles. The second kappa shape index (κ2) is 8.79. The van der Waals surface area contributed by atoms with E-state index in [0.717, 1.165) is 26.4 Å². The SMILES string of the molecule is COC(=O)c1cc(F)c(CS(=O)Cc2cc(N)c(C(=O)OC)cc2F)cc1N. The fourth-order valence-electron chi connectivity index (χ4n) is 2.47. The van der Waals surface area contributed by atoms with Crippen molar-refractivity contribution in [3.05, 3.63) is 58.2 Å². The average molecular weight is 412 g/mol. The van der Waals surface area contributed by atoms with E-state index < -0.39 is 34.4 Å². The van der Waals surface area contributed by atoms with Crippen LogP contribution in [0.5, 0.6) is 0 Å². The molecule has 2 aromatic carbocycles. The Kier molecular flexibility index (Phi) is 6.68. The van der Waals surface area contributed by atoms with Crippen molar-refractivity contribution in [2.45, 2.75) is 11.5 Å². The topological polar surface area (TPSA) is 122 Å². The van der Waals surface area contributed by atoms with E-state index in [-0.39, 0.29) is 45.1 Å². The Bertz CT molecular complexity index is 890. The van der Waals surface area contributed by atoms with Gasteiger partial charge in [-0.3, -0.25) is 4.21 Å². The summed E-state index contributed by atoms with van der Waals surface area (Å²) in [6, 6.07) is 4.17. The van der Waals surface area contributed by atoms with Crippen LogP contribution in [-0.4, -0.2) is 30.4 Å². The number of anilines is 2. The van der Waals surface area contributed by atoms with E-state index in [9.17, 15) is 22.6 Å². The predicted octanol–water partition coefficient (Wildman–Crippen LogP) is 2.15. The van der Waals surface area contributed by atoms with Gasteiger partial charge in [0.1, 0.15) is 11.6 Å². The fraction of sp³-hybridized carbons (Fsp3) is 0.222. The van der Waals surface area contributed by atoms with Gasteiger partial charge in [-0.05, 0) is 24.3 Å². The van der Waals surface area contributed by atoms with E-state index in [1.54, 1.807) is 0 Å². The monoisotopic (exact) mass is 412 g/mol. The molecular weight excluding hydrogens is 394 g/mol. The number of hydrogen-bond acceptors (Lipinski definition) is 7. The van der Waals surface area contributed by atoms with Crippen molar-refractivity contribution >= 4 is 34.1 Å². The lowest BCUT2D eigenvalue weighted by molar-refractivity contribution is 0.0592. The highest BCUT2D eigenvalue weighted by molar-refractivity contribution is 7.83. The van der Waals surface area contributed by atoms with Crippen molar-refractivity contribution in [3.63, 3.8) is 0 Å². The van der Waals surface area contributed by atoms with Crippen LogP contribution in [-0.2, 0) is 31.8 Å². The number of benzene rings is 2. The van der Waals surface area contributed by atoms with Gasteiger partial charge in [0.2, 0.25) is 0 Å². The van der Waals surface area contributed by atoms with Gasteiger partial charge in [0.25, 0.3) is 0 Å². The highest BCUT2D eigenvalue weighted by atomic mass is 32.2. The van der Waals surface area contributed by atoms with Crippen LogP contribution in [0.25, 0.3) is 0 Å². The number of carbonyl (C=O) groups is 2. The third-order valence-corrected chi connectivity index (χ3v) is 5.15. The van der Waals surface area contributed by atoms with E-state index in [1.807, 2.05) is 0 Å². The van der Waals surface area contributed by atoms with E-state index in [0.29, 0.717) is 0 Å². The molecule has 0 spiro atoms. The van der Waals surface area contributed by atoms with Gasteiger partial charge in [0.15, 0.2) is 0 Å². The largest absolute Gasteiger partial charge is 0.465 e. The van der Waals surface area contributed by atoms with Gasteiger partial charge in [0, 0.05) is 33.3 Å². The molecule has 0 amide bonds. The van der Waals surface area contributed by atoms with Crippen molar-refractivity contribution in [2.24, 2.45) is 0 Å². The number of hydrogen-bond donors (Lipinski definition) is 2. The molecule has 10 heteroatoms. The molecule has 0 bridgehead atoms. The van der Waals surface area contributed by atoms with Crippen LogP contribution in [0.15, 0.2) is 24.3 Å². The minimum atomic E-state index is -1.72. The Hall–Kier alpha value is -3.01. The van der Waals surface area contributed by atoms with Crippen LogP contribution in [0.2, 0.25) is 0 Å². The number of carbonyl (C=O) groups excluding carboxylic acids is 2. The van der Waals surface area contributed by atoms with Gasteiger partial charge in [0.05, 0.1) is 36.9 Å². The summed E-state index contributed by atoms with van der Waals surface area (Å²) in [6.07, 6.45) is 0. The van der Waals surface area contributed by atoms with E-state index in [2.05, 4.69) is 9.47 Å². The Morgan fingerprint density at radius 1 is 0.857 bits per heavy atom. The summed E-state index contributed by atoms with van der Waals surface area (Å²) in [4.78, 5) is 23.0. The van der Waals surface area contributed by atoms with Crippen LogP contribution in [0.1, 0.15) is 31.8 Å². The molecule has 0 aliphatic carbocycles. The van der Waals surface area contributed by atoms with E-state index in [1.165, 1.54) is 12.1 Å². The zero-order valence-corrected chi connectivity index (χ0v) is 15.9. The molecule has 150 valence electrons. The lowest BCUT2D eigenvalue weighted by Crippen LogP contribution is -2.10. The third kappa shape index (κ3) is 4.63. The first-order valence-corrected chi connectivity index (χ1v) is 9.34. The van der Waals surface area contributed by atoms with Gasteiger partial charge in [-0.2, -0.15) is 0 Å². The van der Waals surface area contributed by atoms with Gasteiger partial charge < -0.3 is 20.9 Å². The predicted molar refractivity (Wildman–Crippen MR) is 99.9 cm³/mol. The number of methoxy groups -OCH3 is 2. The molecule has 0 radical (unpaired) electrons. The minimum absolute atomic E-state index is 0.00282. The van der Waals surface area contributed by atoms with Crippen LogP contribution in [0.3, 0.4) is 0 Å². The lowest BCUT2D eigenvalue weighted by Gasteiger charge is -2.11. The first kappa shape index (κ1) is 21.3. The highest BCUT2D eigenvalue weighted by Gasteiger charge is 2.19. The molecule has 28 heavy (non-hydrogen) atoms. The Labute approximate surface area is 162 Å². The highest BCUT2D eigenvalue weighted by Crippen LogP contribution is 2.23. The van der Waals surface area contributed by atoms with Gasteiger partial charge in [-0.25, -0.2) is 18.4 Å². The molecule has 4 N–H and O–H groups in total. The summed E-state index contributed by atoms with van der Waals surface area (Å²) < 4.78 is 49.8. The van der Waals surface area contributed by atoms with Gasteiger partial charge in [-0.1, -0.05) is 0 Å². The lowest BCUT2D eigenvalue weighted by atomic mass is 10.1. The fourth-order valence-corrected chi connectivity index (χ4v) is 3.71. The summed E-state index contributed by atoms with van der Waals surface area (Å²) >= 11 is 0. The number of nitrogens with two attached hydrogens (primary N) is 2. The molecule has 0 atom stereocenters. The van der Waals surface area contributed by atoms with Crippen molar-refractivity contribution in [2.75, 3.05) is 25.7 Å². The van der Waals surface area contributed by atoms with Crippen LogP contribution in [0.4, 0.5) is 20.2 Å². The molecule has 2 rings (SSSR count). The number of ether oxygens (including phenoxy) is 2. The Balaban J connectivity index is 2.21. The summed E-state index contributed by atoms with van der Waals surface area (Å²) in [5.74, 6) is -3.71. The molecule has 7 nitrogen and oxygen atoms in total. The maximum absolute atomic E-state index is 14.2. The molecule has 0 aliphatic heterocycles. The standard InChI is InChI=1S/C18H18F2N2O5S/c1-26-17(23)11-5-13(19)9(3-15(11)21)7-28(25)8-10-4-16(22)12(6-14(10)20)18(24)27-2/h3-6H,7-8,21-22H2,1-2H3. The first-order valence-electron chi connectivity index (χ1n) is 7.85. The summed E-state index contributed by atoms with van der Waals surface area (Å²) in [6.45, 7) is 0. The Morgan fingerprint density at radius 3 is 1.54 bits per heavy atom. The van der Waals surface area contributed by atoms with Gasteiger partial charge >= 0.3 is 11.9 Å². The Morgan fingerprint density at radius 2 is 1.21 bits per heavy atom. The number of esters is 2. The second-order valence-corrected chi connectivity index (χ2v) is 7.23. The average Bonchev–Trinajstić information content (AvgIpc) is 2.65. The summed E-state index contributed by atoms with van der Waals surface area (Å²) in [7, 11) is 0.546. The van der Waals surface area contributed by atoms with Crippen LogP contribution >= 0.6 is 0 Å². The zero-order valence-electron chi connectivity index (χ0n) is 15.1. The molecule has 0 aliphatic rings. The summed E-state index contributed by atoms with van der Waals surface area (Å²) in [5.41, 5.74) is 11.1. The molecular formula is C18H18F2N2O5S. The zero-order chi connectivity index (χ0) is 21.0. The molecule has 2 aromatic rings. The molecule has 0 heterocycles. The molecule has 0 saturated carbocycles.